The van der Waals surface area contributed by atoms with Gasteiger partial charge in [0.05, 0.1) is 17.5 Å². The highest BCUT2D eigenvalue weighted by molar-refractivity contribution is 5.73. The number of aromatic nitrogens is 1. The van der Waals surface area contributed by atoms with Crippen molar-refractivity contribution in [3.05, 3.63) is 71.0 Å². The number of fused-ring (bicyclic) bond motifs is 2. The molecule has 2 unspecified atom stereocenters. The smallest absolute Gasteiger partial charge is 0.0727 e. The second-order valence-electron chi connectivity index (χ2n) is 16.2. The Bertz CT molecular complexity index is 1320. The molecule has 1 aromatic heterocycles. The first-order valence-electron chi connectivity index (χ1n) is 22.8. The van der Waals surface area contributed by atoms with E-state index in [0.717, 1.165) is 67.3 Å². The molecule has 1 aliphatic heterocycles. The summed E-state index contributed by atoms with van der Waals surface area (Å²) in [6.07, 6.45) is 21.1. The summed E-state index contributed by atoms with van der Waals surface area (Å²) in [5.41, 5.74) is 10.7. The molecular weight excluding hydrogens is 669 g/mol. The summed E-state index contributed by atoms with van der Waals surface area (Å²) in [7, 11) is 0. The molecule has 1 saturated carbocycles. The minimum absolute atomic E-state index is 0.0731. The van der Waals surface area contributed by atoms with Crippen LogP contribution in [0.2, 0.25) is 0 Å². The average Bonchev–Trinajstić information content (AvgIpc) is 3.22. The molecule has 1 aliphatic carbocycles. The van der Waals surface area contributed by atoms with Crippen LogP contribution in [0.25, 0.3) is 11.3 Å². The van der Waals surface area contributed by atoms with Crippen LogP contribution >= 0.6 is 0 Å². The van der Waals surface area contributed by atoms with E-state index in [1.165, 1.54) is 91.3 Å². The van der Waals surface area contributed by atoms with Crippen molar-refractivity contribution in [3.63, 3.8) is 0 Å². The zero-order valence-electron chi connectivity index (χ0n) is 39.6. The standard InChI is InChI=1S/C28H38N2.C7H14.C7H16.C5H10O.C3H8.C2H6/c1-8-14-28(15-9-2,19(4)5)24-12-11-23(17-20(24)6)26-18-25-21(7)27(30-26)22(10-3)13-16-29-25;1-3-7-4-6(2)5-7;1-3-5-7-6-4-2;1-4(2)5(3)6;1-3-2;1-2/h11-12,16-18,22H,4,8-10,13-15H2,1-3,5-7H3;6-7H,3-5H2,1-2H3;3-7H2,1-2H3;5-6H,1H2,2-3H3;3H2,1-2H3;1-2H3. The second-order valence-corrected chi connectivity index (χ2v) is 16.2. The number of hydrogen-bond donors (Lipinski definition) is 1. The monoisotopic (exact) mass is 761 g/mol. The fourth-order valence-electron chi connectivity index (χ4n) is 7.39. The van der Waals surface area contributed by atoms with Crippen LogP contribution in [0, 0.1) is 25.7 Å². The van der Waals surface area contributed by atoms with Crippen molar-refractivity contribution in [1.82, 2.24) is 4.98 Å². The summed E-state index contributed by atoms with van der Waals surface area (Å²) in [5, 5.41) is 8.53. The lowest BCUT2D eigenvalue weighted by Gasteiger charge is -2.36. The third kappa shape index (κ3) is 19.5. The lowest BCUT2D eigenvalue weighted by Crippen LogP contribution is -2.28. The van der Waals surface area contributed by atoms with Crippen LogP contribution in [0.3, 0.4) is 0 Å². The number of aliphatic hydroxyl groups is 1. The van der Waals surface area contributed by atoms with Gasteiger partial charge in [-0.05, 0) is 114 Å². The zero-order valence-corrected chi connectivity index (χ0v) is 39.6. The van der Waals surface area contributed by atoms with Gasteiger partial charge in [0.1, 0.15) is 0 Å². The third-order valence-electron chi connectivity index (χ3n) is 11.0. The molecule has 1 fully saturated rings. The number of allylic oxidation sites excluding steroid dienone is 1. The number of aliphatic imine (C=N–C) groups is 1. The lowest BCUT2D eigenvalue weighted by molar-refractivity contribution is 0.206. The van der Waals surface area contributed by atoms with Crippen molar-refractivity contribution in [2.75, 3.05) is 0 Å². The van der Waals surface area contributed by atoms with E-state index in [0.29, 0.717) is 5.92 Å². The van der Waals surface area contributed by atoms with Crippen LogP contribution in [0.4, 0.5) is 5.69 Å². The normalized spacial score (nSPS) is 16.9. The molecule has 1 N–H and O–H groups in total. The Morgan fingerprint density at radius 3 is 1.73 bits per heavy atom. The van der Waals surface area contributed by atoms with Gasteiger partial charge in [-0.1, -0.05) is 170 Å². The second kappa shape index (κ2) is 31.6. The molecule has 3 heteroatoms. The molecule has 2 aromatic rings. The summed E-state index contributed by atoms with van der Waals surface area (Å²) >= 11 is 0. The van der Waals surface area contributed by atoms with E-state index in [1.54, 1.807) is 13.8 Å². The summed E-state index contributed by atoms with van der Waals surface area (Å²) in [5.74, 6) is 2.60. The molecule has 55 heavy (non-hydrogen) atoms. The van der Waals surface area contributed by atoms with Crippen LogP contribution < -0.4 is 0 Å². The number of hydrogen-bond acceptors (Lipinski definition) is 3. The highest BCUT2D eigenvalue weighted by Crippen LogP contribution is 2.43. The van der Waals surface area contributed by atoms with Crippen molar-refractivity contribution in [3.8, 4) is 11.3 Å². The van der Waals surface area contributed by atoms with Crippen molar-refractivity contribution >= 4 is 11.9 Å². The van der Waals surface area contributed by atoms with E-state index < -0.39 is 0 Å². The fourth-order valence-corrected chi connectivity index (χ4v) is 7.39. The molecule has 0 saturated heterocycles. The molecule has 0 radical (unpaired) electrons. The number of pyridine rings is 1. The first-order chi connectivity index (χ1) is 26.2. The zero-order chi connectivity index (χ0) is 42.6. The predicted molar refractivity (Wildman–Crippen MR) is 252 cm³/mol. The van der Waals surface area contributed by atoms with E-state index in [-0.39, 0.29) is 11.5 Å². The minimum atomic E-state index is -0.343. The third-order valence-corrected chi connectivity index (χ3v) is 11.0. The largest absolute Gasteiger partial charge is 0.389 e. The first kappa shape index (κ1) is 54.6. The molecule has 4 rings (SSSR count). The molecule has 1 aromatic carbocycles. The van der Waals surface area contributed by atoms with Gasteiger partial charge in [-0.25, -0.2) is 0 Å². The summed E-state index contributed by atoms with van der Waals surface area (Å²) in [4.78, 5) is 9.86. The molecule has 2 aliphatic rings. The summed E-state index contributed by atoms with van der Waals surface area (Å²) < 4.78 is 0. The number of benzene rings is 1. The van der Waals surface area contributed by atoms with E-state index in [1.807, 2.05) is 13.8 Å². The number of aryl methyl sites for hydroxylation is 1. The Morgan fingerprint density at radius 2 is 1.36 bits per heavy atom. The Labute approximate surface area is 344 Å². The van der Waals surface area contributed by atoms with Crippen LogP contribution in [-0.4, -0.2) is 22.4 Å². The Hall–Kier alpha value is -2.52. The molecule has 3 nitrogen and oxygen atoms in total. The van der Waals surface area contributed by atoms with Crippen LogP contribution in [-0.2, 0) is 5.41 Å². The van der Waals surface area contributed by atoms with Gasteiger partial charge in [0.25, 0.3) is 0 Å². The Kier molecular flexibility index (Phi) is 31.3. The molecule has 0 amide bonds. The summed E-state index contributed by atoms with van der Waals surface area (Å²) in [6, 6.07) is 9.09. The van der Waals surface area contributed by atoms with E-state index in [2.05, 4.69) is 127 Å². The van der Waals surface area contributed by atoms with Gasteiger partial charge >= 0.3 is 0 Å². The topological polar surface area (TPSA) is 45.5 Å². The molecule has 0 spiro atoms. The number of nitrogens with zero attached hydrogens (tertiary/aromatic N) is 2. The van der Waals surface area contributed by atoms with Crippen molar-refractivity contribution in [2.24, 2.45) is 16.8 Å². The average molecular weight is 761 g/mol. The molecule has 2 atom stereocenters. The number of unbranched alkanes of at least 4 members (excludes halogenated alkanes) is 4. The molecular formula is C52H92N2O. The van der Waals surface area contributed by atoms with Crippen molar-refractivity contribution in [2.45, 2.75) is 225 Å². The highest BCUT2D eigenvalue weighted by atomic mass is 16.3. The van der Waals surface area contributed by atoms with E-state index >= 15 is 0 Å². The minimum Gasteiger partial charge on any atom is -0.389 e. The SMILES string of the molecule is C=C(C)C(C)O.C=C(C)C(CCC)(CCC)c1ccc(-c2cc3c(C)c(n2)C(CC)CC=N3)cc1C.CC.CCC.CCC1CC(C)C1.CCCCCCC. The maximum Gasteiger partial charge on any atom is 0.0727 e. The maximum atomic E-state index is 8.53. The maximum absolute atomic E-state index is 8.53. The van der Waals surface area contributed by atoms with Gasteiger partial charge in [0.2, 0.25) is 0 Å². The van der Waals surface area contributed by atoms with Gasteiger partial charge < -0.3 is 5.11 Å². The molecule has 316 valence electrons. The van der Waals surface area contributed by atoms with Gasteiger partial charge in [-0.15, -0.1) is 0 Å². The van der Waals surface area contributed by atoms with Crippen molar-refractivity contribution in [1.29, 1.82) is 0 Å². The van der Waals surface area contributed by atoms with Gasteiger partial charge in [0, 0.05) is 28.8 Å². The van der Waals surface area contributed by atoms with Crippen molar-refractivity contribution < 1.29 is 5.11 Å². The van der Waals surface area contributed by atoms with E-state index in [4.69, 9.17) is 15.1 Å². The van der Waals surface area contributed by atoms with Crippen LogP contribution in [0.15, 0.2) is 53.6 Å². The van der Waals surface area contributed by atoms with Gasteiger partial charge in [-0.2, -0.15) is 0 Å². The van der Waals surface area contributed by atoms with Crippen LogP contribution in [0.1, 0.15) is 222 Å². The number of rotatable bonds is 14. The fraction of sp³-hybridized carbons (Fsp3) is 0.692. The molecule has 2 heterocycles. The van der Waals surface area contributed by atoms with Crippen LogP contribution in [0.5, 0.6) is 0 Å². The lowest BCUT2D eigenvalue weighted by atomic mass is 9.67. The quantitative estimate of drug-likeness (QED) is 0.154. The summed E-state index contributed by atoms with van der Waals surface area (Å²) in [6.45, 7) is 42.2. The van der Waals surface area contributed by atoms with E-state index in [9.17, 15) is 0 Å². The Morgan fingerprint density at radius 1 is 0.836 bits per heavy atom. The highest BCUT2D eigenvalue weighted by Gasteiger charge is 2.33. The number of aliphatic hydroxyl groups excluding tert-OH is 1. The predicted octanol–water partition coefficient (Wildman–Crippen LogP) is 17.2. The Balaban J connectivity index is 0. The van der Waals surface area contributed by atoms with Gasteiger partial charge in [-0.3, -0.25) is 9.98 Å². The first-order valence-corrected chi connectivity index (χ1v) is 22.8. The van der Waals surface area contributed by atoms with Gasteiger partial charge in [0.15, 0.2) is 0 Å². The molecule has 2 bridgehead atoms.